The molecule has 0 saturated carbocycles. The Bertz CT molecular complexity index is 433. The van der Waals surface area contributed by atoms with E-state index >= 15 is 0 Å². The molecule has 0 unspecified atom stereocenters. The zero-order valence-electron chi connectivity index (χ0n) is 10.4. The third kappa shape index (κ3) is 3.40. The summed E-state index contributed by atoms with van der Waals surface area (Å²) in [5.41, 5.74) is 8.22. The summed E-state index contributed by atoms with van der Waals surface area (Å²) in [7, 11) is 0. The normalized spacial score (nSPS) is 15.2. The Hall–Kier alpha value is -1.20. The Labute approximate surface area is 111 Å². The molecule has 2 rings (SSSR count). The SMILES string of the molecule is Cc1c(N)cccc1NC(=O)CCSC1COC1. The third-order valence-electron chi connectivity index (χ3n) is 2.94. The van der Waals surface area contributed by atoms with Gasteiger partial charge in [-0.25, -0.2) is 0 Å². The van der Waals surface area contributed by atoms with Crippen molar-refractivity contribution in [3.05, 3.63) is 23.8 Å². The monoisotopic (exact) mass is 266 g/mol. The minimum atomic E-state index is 0.0384. The van der Waals surface area contributed by atoms with Crippen LogP contribution in [0.15, 0.2) is 18.2 Å². The molecule has 0 aliphatic carbocycles. The molecule has 1 fully saturated rings. The molecular weight excluding hydrogens is 248 g/mol. The topological polar surface area (TPSA) is 64.3 Å². The molecule has 98 valence electrons. The lowest BCUT2D eigenvalue weighted by Crippen LogP contribution is -2.30. The fraction of sp³-hybridized carbons (Fsp3) is 0.462. The Morgan fingerprint density at radius 2 is 2.33 bits per heavy atom. The van der Waals surface area contributed by atoms with E-state index in [1.807, 2.05) is 25.1 Å². The Balaban J connectivity index is 1.77. The van der Waals surface area contributed by atoms with E-state index < -0.39 is 0 Å². The molecule has 0 atom stereocenters. The van der Waals surface area contributed by atoms with Gasteiger partial charge in [0.25, 0.3) is 0 Å². The number of carbonyl (C=O) groups excluding carboxylic acids is 1. The van der Waals surface area contributed by atoms with Gasteiger partial charge in [-0.3, -0.25) is 4.79 Å². The van der Waals surface area contributed by atoms with Gasteiger partial charge in [0.1, 0.15) is 0 Å². The highest BCUT2D eigenvalue weighted by molar-refractivity contribution is 8.00. The quantitative estimate of drug-likeness (QED) is 0.800. The van der Waals surface area contributed by atoms with Gasteiger partial charge in [0, 0.05) is 23.5 Å². The van der Waals surface area contributed by atoms with Gasteiger partial charge in [0.2, 0.25) is 5.91 Å². The smallest absolute Gasteiger partial charge is 0.225 e. The highest BCUT2D eigenvalue weighted by atomic mass is 32.2. The first-order chi connectivity index (χ1) is 8.66. The second-order valence-electron chi connectivity index (χ2n) is 4.35. The first-order valence-electron chi connectivity index (χ1n) is 6.01. The van der Waals surface area contributed by atoms with Gasteiger partial charge in [-0.05, 0) is 24.6 Å². The van der Waals surface area contributed by atoms with Gasteiger partial charge >= 0.3 is 0 Å². The van der Waals surface area contributed by atoms with E-state index in [0.29, 0.717) is 17.4 Å². The number of hydrogen-bond acceptors (Lipinski definition) is 4. The van der Waals surface area contributed by atoms with Crippen LogP contribution in [0.1, 0.15) is 12.0 Å². The summed E-state index contributed by atoms with van der Waals surface area (Å²) >= 11 is 1.80. The van der Waals surface area contributed by atoms with Crippen molar-refractivity contribution < 1.29 is 9.53 Å². The molecule has 3 N–H and O–H groups in total. The molecule has 1 aromatic carbocycles. The zero-order chi connectivity index (χ0) is 13.0. The highest BCUT2D eigenvalue weighted by Gasteiger charge is 2.18. The number of amides is 1. The van der Waals surface area contributed by atoms with Crippen LogP contribution in [0.2, 0.25) is 0 Å². The Morgan fingerprint density at radius 3 is 3.00 bits per heavy atom. The molecule has 1 saturated heterocycles. The molecule has 1 aliphatic rings. The molecule has 1 aliphatic heterocycles. The molecule has 0 bridgehead atoms. The van der Waals surface area contributed by atoms with Crippen LogP contribution in [-0.2, 0) is 9.53 Å². The standard InChI is InChI=1S/C13H18N2O2S/c1-9-11(14)3-2-4-12(9)15-13(16)5-6-18-10-7-17-8-10/h2-4,10H,5-8,14H2,1H3,(H,15,16). The summed E-state index contributed by atoms with van der Waals surface area (Å²) in [4.78, 5) is 11.8. The summed E-state index contributed by atoms with van der Waals surface area (Å²) in [6.07, 6.45) is 0.523. The Morgan fingerprint density at radius 1 is 1.56 bits per heavy atom. The molecule has 18 heavy (non-hydrogen) atoms. The molecule has 0 radical (unpaired) electrons. The summed E-state index contributed by atoms with van der Waals surface area (Å²) in [6.45, 7) is 3.55. The van der Waals surface area contributed by atoms with Crippen molar-refractivity contribution in [1.82, 2.24) is 0 Å². The van der Waals surface area contributed by atoms with Crippen LogP contribution in [0.25, 0.3) is 0 Å². The number of anilines is 2. The third-order valence-corrected chi connectivity index (χ3v) is 4.12. The van der Waals surface area contributed by atoms with Crippen LogP contribution in [0.4, 0.5) is 11.4 Å². The molecule has 1 amide bonds. The van der Waals surface area contributed by atoms with Crippen LogP contribution >= 0.6 is 11.8 Å². The number of nitrogens with two attached hydrogens (primary N) is 1. The minimum absolute atomic E-state index is 0.0384. The number of thioether (sulfide) groups is 1. The minimum Gasteiger partial charge on any atom is -0.398 e. The van der Waals surface area contributed by atoms with E-state index in [4.69, 9.17) is 10.5 Å². The van der Waals surface area contributed by atoms with Crippen LogP contribution < -0.4 is 11.1 Å². The highest BCUT2D eigenvalue weighted by Crippen LogP contribution is 2.22. The van der Waals surface area contributed by atoms with Crippen molar-refractivity contribution in [2.45, 2.75) is 18.6 Å². The molecule has 0 spiro atoms. The van der Waals surface area contributed by atoms with E-state index in [-0.39, 0.29) is 5.91 Å². The molecule has 1 heterocycles. The lowest BCUT2D eigenvalue weighted by atomic mass is 10.1. The molecule has 0 aromatic heterocycles. The number of nitrogen functional groups attached to an aromatic ring is 1. The number of hydrogen-bond donors (Lipinski definition) is 2. The number of rotatable bonds is 5. The maximum Gasteiger partial charge on any atom is 0.225 e. The van der Waals surface area contributed by atoms with E-state index in [1.165, 1.54) is 0 Å². The van der Waals surface area contributed by atoms with Gasteiger partial charge in [0.05, 0.1) is 18.5 Å². The van der Waals surface area contributed by atoms with Crippen LogP contribution in [0.5, 0.6) is 0 Å². The van der Waals surface area contributed by atoms with Crippen molar-refractivity contribution >= 4 is 29.0 Å². The van der Waals surface area contributed by atoms with Gasteiger partial charge in [-0.2, -0.15) is 11.8 Å². The average molecular weight is 266 g/mol. The summed E-state index contributed by atoms with van der Waals surface area (Å²) in [6, 6.07) is 5.55. The zero-order valence-corrected chi connectivity index (χ0v) is 11.3. The number of carbonyl (C=O) groups is 1. The maximum atomic E-state index is 11.8. The van der Waals surface area contributed by atoms with E-state index in [2.05, 4.69) is 5.32 Å². The second kappa shape index (κ2) is 6.11. The predicted molar refractivity (Wildman–Crippen MR) is 75.9 cm³/mol. The molecule has 4 nitrogen and oxygen atoms in total. The van der Waals surface area contributed by atoms with Crippen molar-refractivity contribution in [3.63, 3.8) is 0 Å². The second-order valence-corrected chi connectivity index (χ2v) is 5.76. The van der Waals surface area contributed by atoms with Crippen molar-refractivity contribution in [2.24, 2.45) is 0 Å². The lowest BCUT2D eigenvalue weighted by Gasteiger charge is -2.25. The first-order valence-corrected chi connectivity index (χ1v) is 7.06. The predicted octanol–water partition coefficient (Wildman–Crippen LogP) is 2.04. The largest absolute Gasteiger partial charge is 0.398 e. The van der Waals surface area contributed by atoms with Gasteiger partial charge in [-0.15, -0.1) is 0 Å². The fourth-order valence-electron chi connectivity index (χ4n) is 1.63. The lowest BCUT2D eigenvalue weighted by molar-refractivity contribution is -0.115. The summed E-state index contributed by atoms with van der Waals surface area (Å²) < 4.78 is 5.08. The molecular formula is C13H18N2O2S. The van der Waals surface area contributed by atoms with Crippen LogP contribution in [0.3, 0.4) is 0 Å². The average Bonchev–Trinajstić information content (AvgIpc) is 2.28. The van der Waals surface area contributed by atoms with Crippen molar-refractivity contribution in [2.75, 3.05) is 30.0 Å². The summed E-state index contributed by atoms with van der Waals surface area (Å²) in [5.74, 6) is 0.873. The van der Waals surface area contributed by atoms with Gasteiger partial charge < -0.3 is 15.8 Å². The number of benzene rings is 1. The molecule has 5 heteroatoms. The number of nitrogens with one attached hydrogen (secondary N) is 1. The van der Waals surface area contributed by atoms with Gasteiger partial charge in [-0.1, -0.05) is 6.07 Å². The Kier molecular flexibility index (Phi) is 4.49. The molecule has 1 aromatic rings. The van der Waals surface area contributed by atoms with E-state index in [9.17, 15) is 4.79 Å². The fourth-order valence-corrected chi connectivity index (χ4v) is 2.65. The van der Waals surface area contributed by atoms with E-state index in [1.54, 1.807) is 11.8 Å². The first kappa shape index (κ1) is 13.2. The van der Waals surface area contributed by atoms with Crippen LogP contribution in [0, 0.1) is 6.92 Å². The summed E-state index contributed by atoms with van der Waals surface area (Å²) in [5, 5.41) is 3.47. The van der Waals surface area contributed by atoms with E-state index in [0.717, 1.165) is 30.2 Å². The van der Waals surface area contributed by atoms with Crippen LogP contribution in [-0.4, -0.2) is 30.1 Å². The number of ether oxygens (including phenoxy) is 1. The van der Waals surface area contributed by atoms with Gasteiger partial charge in [0.15, 0.2) is 0 Å². The van der Waals surface area contributed by atoms with Crippen molar-refractivity contribution in [3.8, 4) is 0 Å². The van der Waals surface area contributed by atoms with Crippen molar-refractivity contribution in [1.29, 1.82) is 0 Å². The maximum absolute atomic E-state index is 11.8.